The molecular weight excluding hydrogens is 311 g/mol. The van der Waals surface area contributed by atoms with Crippen LogP contribution in [0.5, 0.6) is 0 Å². The summed E-state index contributed by atoms with van der Waals surface area (Å²) in [6.45, 7) is 0. The highest BCUT2D eigenvalue weighted by atomic mass is 35.5. The summed E-state index contributed by atoms with van der Waals surface area (Å²) in [6, 6.07) is 13.7. The van der Waals surface area contributed by atoms with Crippen molar-refractivity contribution in [2.45, 2.75) is 0 Å². The van der Waals surface area contributed by atoms with Crippen LogP contribution in [0.1, 0.15) is 0 Å². The number of carbonyl (C=O) groups excluding carboxylic acids is 2. The highest BCUT2D eigenvalue weighted by Gasteiger charge is 2.21. The summed E-state index contributed by atoms with van der Waals surface area (Å²) in [5.74, 6) is -1.48. The van der Waals surface area contributed by atoms with E-state index < -0.39 is 11.8 Å². The number of nitrogens with zero attached hydrogens (tertiary/aromatic N) is 1. The molecule has 0 aliphatic carbocycles. The molecule has 2 aromatic rings. The SMILES string of the molecule is CN(C(=O)C(=O)Nc1cccc(Cl)c1Cl)c1ccccc1. The Morgan fingerprint density at radius 1 is 1.00 bits per heavy atom. The second kappa shape index (κ2) is 6.61. The van der Waals surface area contributed by atoms with Crippen LogP contribution in [0.3, 0.4) is 0 Å². The topological polar surface area (TPSA) is 49.4 Å². The largest absolute Gasteiger partial charge is 0.316 e. The molecule has 0 spiro atoms. The number of hydrogen-bond donors (Lipinski definition) is 1. The molecule has 0 heterocycles. The molecule has 21 heavy (non-hydrogen) atoms. The molecular formula is C15H12Cl2N2O2. The van der Waals surface area contributed by atoms with Gasteiger partial charge in [-0.15, -0.1) is 0 Å². The van der Waals surface area contributed by atoms with Gasteiger partial charge in [0.05, 0.1) is 15.7 Å². The zero-order valence-corrected chi connectivity index (χ0v) is 12.7. The lowest BCUT2D eigenvalue weighted by Gasteiger charge is -2.17. The number of hydrogen-bond acceptors (Lipinski definition) is 2. The molecule has 4 nitrogen and oxygen atoms in total. The summed E-state index contributed by atoms with van der Waals surface area (Å²) >= 11 is 11.8. The molecule has 0 radical (unpaired) electrons. The Kier molecular flexibility index (Phi) is 4.83. The molecule has 1 N–H and O–H groups in total. The van der Waals surface area contributed by atoms with Gasteiger partial charge in [-0.05, 0) is 24.3 Å². The molecule has 6 heteroatoms. The number of benzene rings is 2. The number of nitrogens with one attached hydrogen (secondary N) is 1. The normalized spacial score (nSPS) is 10.0. The van der Waals surface area contributed by atoms with Crippen molar-refractivity contribution >= 4 is 46.4 Å². The maximum Gasteiger partial charge on any atom is 0.316 e. The van der Waals surface area contributed by atoms with Crippen LogP contribution < -0.4 is 10.2 Å². The third-order valence-corrected chi connectivity index (χ3v) is 3.66. The van der Waals surface area contributed by atoms with E-state index >= 15 is 0 Å². The van der Waals surface area contributed by atoms with E-state index in [1.807, 2.05) is 6.07 Å². The van der Waals surface area contributed by atoms with Gasteiger partial charge in [-0.1, -0.05) is 47.5 Å². The fourth-order valence-corrected chi connectivity index (χ4v) is 2.05. The first kappa shape index (κ1) is 15.4. The first-order valence-corrected chi connectivity index (χ1v) is 6.84. The van der Waals surface area contributed by atoms with Crippen LogP contribution in [-0.2, 0) is 9.59 Å². The standard InChI is InChI=1S/C15H12Cl2N2O2/c1-19(10-6-3-2-4-7-10)15(21)14(20)18-12-9-5-8-11(16)13(12)17/h2-9H,1H3,(H,18,20). The Balaban J connectivity index is 2.13. The number of likely N-dealkylation sites (N-methyl/N-ethyl adjacent to an activating group) is 1. The quantitative estimate of drug-likeness (QED) is 0.859. The fourth-order valence-electron chi connectivity index (χ4n) is 1.70. The van der Waals surface area contributed by atoms with Gasteiger partial charge in [0.15, 0.2) is 0 Å². The van der Waals surface area contributed by atoms with Gasteiger partial charge in [-0.2, -0.15) is 0 Å². The highest BCUT2D eigenvalue weighted by molar-refractivity contribution is 6.47. The average Bonchev–Trinajstić information content (AvgIpc) is 2.51. The lowest BCUT2D eigenvalue weighted by atomic mass is 10.3. The van der Waals surface area contributed by atoms with Crippen LogP contribution in [0.2, 0.25) is 10.0 Å². The van der Waals surface area contributed by atoms with Crippen LogP contribution in [-0.4, -0.2) is 18.9 Å². The van der Waals surface area contributed by atoms with Crippen molar-refractivity contribution in [3.05, 3.63) is 58.6 Å². The van der Waals surface area contributed by atoms with Crippen molar-refractivity contribution in [3.8, 4) is 0 Å². The minimum absolute atomic E-state index is 0.197. The van der Waals surface area contributed by atoms with E-state index in [-0.39, 0.29) is 5.02 Å². The molecule has 0 bridgehead atoms. The molecule has 0 fully saturated rings. The van der Waals surface area contributed by atoms with Gasteiger partial charge < -0.3 is 10.2 Å². The van der Waals surface area contributed by atoms with Crippen molar-refractivity contribution in [2.24, 2.45) is 0 Å². The molecule has 2 aromatic carbocycles. The van der Waals surface area contributed by atoms with Gasteiger partial charge in [0.2, 0.25) is 0 Å². The second-order valence-electron chi connectivity index (χ2n) is 4.26. The van der Waals surface area contributed by atoms with Crippen LogP contribution >= 0.6 is 23.2 Å². The van der Waals surface area contributed by atoms with E-state index in [4.69, 9.17) is 23.2 Å². The number of rotatable bonds is 2. The fraction of sp³-hybridized carbons (Fsp3) is 0.0667. The summed E-state index contributed by atoms with van der Waals surface area (Å²) in [7, 11) is 1.52. The second-order valence-corrected chi connectivity index (χ2v) is 5.04. The molecule has 2 amide bonds. The maximum atomic E-state index is 12.1. The van der Waals surface area contributed by atoms with Crippen LogP contribution in [0.4, 0.5) is 11.4 Å². The zero-order valence-electron chi connectivity index (χ0n) is 11.1. The summed E-state index contributed by atoms with van der Waals surface area (Å²) in [5.41, 5.74) is 0.916. The molecule has 0 aliphatic rings. The average molecular weight is 323 g/mol. The summed E-state index contributed by atoms with van der Waals surface area (Å²) in [5, 5.41) is 2.96. The Hall–Kier alpha value is -2.04. The maximum absolute atomic E-state index is 12.1. The number of carbonyl (C=O) groups is 2. The predicted octanol–water partition coefficient (Wildman–Crippen LogP) is 3.59. The van der Waals surface area contributed by atoms with Gasteiger partial charge >= 0.3 is 11.8 Å². The molecule has 0 saturated carbocycles. The number of amides is 2. The van der Waals surface area contributed by atoms with E-state index in [1.54, 1.807) is 42.5 Å². The van der Waals surface area contributed by atoms with Crippen molar-refractivity contribution in [1.29, 1.82) is 0 Å². The zero-order chi connectivity index (χ0) is 15.4. The minimum Gasteiger partial charge on any atom is -0.316 e. The van der Waals surface area contributed by atoms with Gasteiger partial charge in [-0.25, -0.2) is 0 Å². The van der Waals surface area contributed by atoms with Gasteiger partial charge in [0.25, 0.3) is 0 Å². The third kappa shape index (κ3) is 3.54. The van der Waals surface area contributed by atoms with Gasteiger partial charge in [0, 0.05) is 12.7 Å². The van der Waals surface area contributed by atoms with Crippen molar-refractivity contribution in [2.75, 3.05) is 17.3 Å². The van der Waals surface area contributed by atoms with E-state index in [2.05, 4.69) is 5.32 Å². The molecule has 0 aliphatic heterocycles. The van der Waals surface area contributed by atoms with E-state index in [9.17, 15) is 9.59 Å². The molecule has 0 aromatic heterocycles. The molecule has 108 valence electrons. The van der Waals surface area contributed by atoms with Crippen LogP contribution in [0, 0.1) is 0 Å². The highest BCUT2D eigenvalue weighted by Crippen LogP contribution is 2.29. The predicted molar refractivity (Wildman–Crippen MR) is 84.9 cm³/mol. The molecule has 2 rings (SSSR count). The van der Waals surface area contributed by atoms with Gasteiger partial charge in [0.1, 0.15) is 0 Å². The van der Waals surface area contributed by atoms with Crippen LogP contribution in [0.25, 0.3) is 0 Å². The monoisotopic (exact) mass is 322 g/mol. The number of anilines is 2. The van der Waals surface area contributed by atoms with E-state index in [0.29, 0.717) is 16.4 Å². The van der Waals surface area contributed by atoms with Gasteiger partial charge in [-0.3, -0.25) is 9.59 Å². The Morgan fingerprint density at radius 3 is 2.33 bits per heavy atom. The smallest absolute Gasteiger partial charge is 0.316 e. The van der Waals surface area contributed by atoms with Crippen molar-refractivity contribution in [3.63, 3.8) is 0 Å². The minimum atomic E-state index is -0.787. The third-order valence-electron chi connectivity index (χ3n) is 2.84. The lowest BCUT2D eigenvalue weighted by molar-refractivity contribution is -0.134. The van der Waals surface area contributed by atoms with E-state index in [1.165, 1.54) is 11.9 Å². The first-order chi connectivity index (χ1) is 10.0. The number of para-hydroxylation sites is 1. The number of halogens is 2. The van der Waals surface area contributed by atoms with Crippen molar-refractivity contribution < 1.29 is 9.59 Å². The first-order valence-electron chi connectivity index (χ1n) is 6.09. The Morgan fingerprint density at radius 2 is 1.67 bits per heavy atom. The summed E-state index contributed by atoms with van der Waals surface area (Å²) in [6.07, 6.45) is 0. The lowest BCUT2D eigenvalue weighted by Crippen LogP contribution is -2.37. The summed E-state index contributed by atoms with van der Waals surface area (Å²) < 4.78 is 0. The van der Waals surface area contributed by atoms with E-state index in [0.717, 1.165) is 0 Å². The van der Waals surface area contributed by atoms with Crippen LogP contribution in [0.15, 0.2) is 48.5 Å². The summed E-state index contributed by atoms with van der Waals surface area (Å²) in [4.78, 5) is 25.3. The Bertz CT molecular complexity index is 675. The molecule has 0 saturated heterocycles. The van der Waals surface area contributed by atoms with Crippen molar-refractivity contribution in [1.82, 2.24) is 0 Å². The molecule has 0 atom stereocenters. The molecule has 0 unspecified atom stereocenters. The Labute approximate surface area is 132 Å².